The van der Waals surface area contributed by atoms with Crippen molar-refractivity contribution in [3.05, 3.63) is 24.0 Å². The molecule has 12 heavy (non-hydrogen) atoms. The molecule has 2 N–H and O–H groups in total. The number of aromatic nitrogens is 1. The lowest BCUT2D eigenvalue weighted by atomic mass is 10.1. The molecule has 0 bridgehead atoms. The summed E-state index contributed by atoms with van der Waals surface area (Å²) in [6.45, 7) is 0. The third-order valence-electron chi connectivity index (χ3n) is 1.83. The number of rotatable bonds is 0. The van der Waals surface area contributed by atoms with Gasteiger partial charge in [-0.1, -0.05) is 0 Å². The first-order chi connectivity index (χ1) is 5.77. The van der Waals surface area contributed by atoms with E-state index in [1.165, 1.54) is 0 Å². The number of hydrogen-bond donors (Lipinski definition) is 2. The van der Waals surface area contributed by atoms with Crippen LogP contribution in [0.3, 0.4) is 0 Å². The summed E-state index contributed by atoms with van der Waals surface area (Å²) in [5.74, 6) is 0.551. The lowest BCUT2D eigenvalue weighted by molar-refractivity contribution is -0.113. The summed E-state index contributed by atoms with van der Waals surface area (Å²) >= 11 is 0. The van der Waals surface area contributed by atoms with Gasteiger partial charge in [0, 0.05) is 12.6 Å². The predicted octanol–water partition coefficient (Wildman–Crippen LogP) is -0.304. The molecule has 2 atom stereocenters. The average molecular weight is 167 g/mol. The van der Waals surface area contributed by atoms with Gasteiger partial charge in [0.1, 0.15) is 11.9 Å². The first-order valence-corrected chi connectivity index (χ1v) is 3.74. The van der Waals surface area contributed by atoms with Crippen molar-refractivity contribution in [2.24, 2.45) is 0 Å². The zero-order valence-electron chi connectivity index (χ0n) is 6.34. The highest BCUT2D eigenvalue weighted by Crippen LogP contribution is 2.24. The smallest absolute Gasteiger partial charge is 0.224 e. The van der Waals surface area contributed by atoms with Gasteiger partial charge >= 0.3 is 0 Å². The van der Waals surface area contributed by atoms with Crippen LogP contribution in [0.4, 0.5) is 0 Å². The lowest BCUT2D eigenvalue weighted by Crippen LogP contribution is -2.37. The summed E-state index contributed by atoms with van der Waals surface area (Å²) < 4.78 is 4.99. The Hall–Kier alpha value is -1.13. The molecule has 1 aromatic heterocycles. The van der Waals surface area contributed by atoms with Crippen molar-refractivity contribution in [1.29, 1.82) is 0 Å². The minimum absolute atomic E-state index is 0.345. The monoisotopic (exact) mass is 167 g/mol. The topological polar surface area (TPSA) is 62.6 Å². The van der Waals surface area contributed by atoms with Gasteiger partial charge in [-0.25, -0.2) is 0 Å². The molecule has 4 heteroatoms. The first kappa shape index (κ1) is 7.52. The van der Waals surface area contributed by atoms with Crippen molar-refractivity contribution in [2.45, 2.75) is 18.8 Å². The van der Waals surface area contributed by atoms with Crippen LogP contribution in [0.2, 0.25) is 0 Å². The second-order valence-corrected chi connectivity index (χ2v) is 2.73. The van der Waals surface area contributed by atoms with Crippen LogP contribution in [0.5, 0.6) is 5.75 Å². The molecule has 1 aromatic rings. The van der Waals surface area contributed by atoms with Gasteiger partial charge in [-0.3, -0.25) is 4.98 Å². The highest BCUT2D eigenvalue weighted by Gasteiger charge is 2.26. The van der Waals surface area contributed by atoms with Gasteiger partial charge < -0.3 is 14.9 Å². The zero-order chi connectivity index (χ0) is 8.55. The number of aliphatic hydroxyl groups is 2. The standard InChI is InChI=1S/C8H9NO3/c10-6-4-5-7(12-8(6)11)2-1-3-9-5/h1-3,6,8,10-11H,4H2. The summed E-state index contributed by atoms with van der Waals surface area (Å²) in [7, 11) is 0. The maximum Gasteiger partial charge on any atom is 0.224 e. The average Bonchev–Trinajstić information content (AvgIpc) is 2.07. The largest absolute Gasteiger partial charge is 0.460 e. The van der Waals surface area contributed by atoms with Crippen molar-refractivity contribution < 1.29 is 14.9 Å². The van der Waals surface area contributed by atoms with Crippen LogP contribution < -0.4 is 4.74 Å². The van der Waals surface area contributed by atoms with Gasteiger partial charge in [-0.15, -0.1) is 0 Å². The molecule has 1 aliphatic rings. The minimum Gasteiger partial charge on any atom is -0.460 e. The van der Waals surface area contributed by atoms with Crippen LogP contribution in [-0.4, -0.2) is 27.6 Å². The number of hydrogen-bond acceptors (Lipinski definition) is 4. The normalized spacial score (nSPS) is 27.5. The van der Waals surface area contributed by atoms with Gasteiger partial charge in [-0.05, 0) is 12.1 Å². The van der Waals surface area contributed by atoms with E-state index in [0.717, 1.165) is 0 Å². The van der Waals surface area contributed by atoms with E-state index >= 15 is 0 Å². The van der Waals surface area contributed by atoms with E-state index in [1.807, 2.05) is 0 Å². The molecular weight excluding hydrogens is 158 g/mol. The molecule has 4 nitrogen and oxygen atoms in total. The zero-order valence-corrected chi connectivity index (χ0v) is 6.34. The third-order valence-corrected chi connectivity index (χ3v) is 1.83. The fraction of sp³-hybridized carbons (Fsp3) is 0.375. The predicted molar refractivity (Wildman–Crippen MR) is 40.6 cm³/mol. The van der Waals surface area contributed by atoms with Gasteiger partial charge in [0.25, 0.3) is 0 Å². The minimum atomic E-state index is -1.12. The van der Waals surface area contributed by atoms with Gasteiger partial charge in [0.05, 0.1) is 5.69 Å². The Morgan fingerprint density at radius 2 is 2.33 bits per heavy atom. The van der Waals surface area contributed by atoms with E-state index in [9.17, 15) is 5.11 Å². The molecule has 0 saturated heterocycles. The molecule has 0 fully saturated rings. The Labute approximate surface area is 69.4 Å². The van der Waals surface area contributed by atoms with E-state index in [2.05, 4.69) is 4.98 Å². The van der Waals surface area contributed by atoms with Crippen LogP contribution in [0.15, 0.2) is 18.3 Å². The Balaban J connectivity index is 2.34. The second-order valence-electron chi connectivity index (χ2n) is 2.73. The van der Waals surface area contributed by atoms with E-state index < -0.39 is 12.4 Å². The number of pyridine rings is 1. The number of ether oxygens (including phenoxy) is 1. The molecule has 0 spiro atoms. The van der Waals surface area contributed by atoms with E-state index in [1.54, 1.807) is 18.3 Å². The summed E-state index contributed by atoms with van der Waals surface area (Å²) in [5, 5.41) is 18.3. The summed E-state index contributed by atoms with van der Waals surface area (Å²) in [6, 6.07) is 3.45. The van der Waals surface area contributed by atoms with Crippen molar-refractivity contribution in [3.63, 3.8) is 0 Å². The SMILES string of the molecule is OC1Cc2ncccc2OC1O. The van der Waals surface area contributed by atoms with Gasteiger partial charge in [-0.2, -0.15) is 0 Å². The van der Waals surface area contributed by atoms with Crippen molar-refractivity contribution in [1.82, 2.24) is 4.98 Å². The molecule has 0 amide bonds. The van der Waals surface area contributed by atoms with Crippen LogP contribution in [0, 0.1) is 0 Å². The molecule has 0 aromatic carbocycles. The Bertz CT molecular complexity index is 260. The number of nitrogens with zero attached hydrogens (tertiary/aromatic N) is 1. The summed E-state index contributed by atoms with van der Waals surface area (Å²) in [5.41, 5.74) is 0.690. The molecule has 2 unspecified atom stereocenters. The van der Waals surface area contributed by atoms with Crippen LogP contribution >= 0.6 is 0 Å². The van der Waals surface area contributed by atoms with E-state index in [0.29, 0.717) is 17.9 Å². The summed E-state index contributed by atoms with van der Waals surface area (Å²) in [6.07, 6.45) is -0.0154. The lowest BCUT2D eigenvalue weighted by Gasteiger charge is -2.25. The fourth-order valence-corrected chi connectivity index (χ4v) is 1.19. The van der Waals surface area contributed by atoms with E-state index in [-0.39, 0.29) is 0 Å². The van der Waals surface area contributed by atoms with Crippen molar-refractivity contribution >= 4 is 0 Å². The molecule has 0 radical (unpaired) electrons. The van der Waals surface area contributed by atoms with Gasteiger partial charge in [0.2, 0.25) is 6.29 Å². The number of aliphatic hydroxyl groups excluding tert-OH is 2. The molecule has 64 valence electrons. The molecular formula is C8H9NO3. The fourth-order valence-electron chi connectivity index (χ4n) is 1.19. The Morgan fingerprint density at radius 3 is 3.17 bits per heavy atom. The highest BCUT2D eigenvalue weighted by atomic mass is 16.6. The second kappa shape index (κ2) is 2.73. The molecule has 0 aliphatic carbocycles. The van der Waals surface area contributed by atoms with Crippen LogP contribution in [0.25, 0.3) is 0 Å². The maximum atomic E-state index is 9.21. The quantitative estimate of drug-likeness (QED) is 0.556. The van der Waals surface area contributed by atoms with Crippen molar-refractivity contribution in [2.75, 3.05) is 0 Å². The third kappa shape index (κ3) is 1.15. The Morgan fingerprint density at radius 1 is 1.50 bits per heavy atom. The molecule has 1 aliphatic heterocycles. The van der Waals surface area contributed by atoms with Gasteiger partial charge in [0.15, 0.2) is 0 Å². The van der Waals surface area contributed by atoms with Crippen LogP contribution in [0.1, 0.15) is 5.69 Å². The Kier molecular flexibility index (Phi) is 1.71. The summed E-state index contributed by atoms with van der Waals surface area (Å²) in [4.78, 5) is 4.01. The highest BCUT2D eigenvalue weighted by molar-refractivity contribution is 5.29. The maximum absolute atomic E-state index is 9.21. The molecule has 2 rings (SSSR count). The molecule has 0 saturated carbocycles. The number of fused-ring (bicyclic) bond motifs is 1. The van der Waals surface area contributed by atoms with Crippen molar-refractivity contribution in [3.8, 4) is 5.75 Å². The molecule has 2 heterocycles. The van der Waals surface area contributed by atoms with E-state index in [4.69, 9.17) is 9.84 Å². The van der Waals surface area contributed by atoms with Crippen LogP contribution in [-0.2, 0) is 6.42 Å². The first-order valence-electron chi connectivity index (χ1n) is 3.74.